The van der Waals surface area contributed by atoms with Gasteiger partial charge >= 0.3 is 5.97 Å². The van der Waals surface area contributed by atoms with Crippen molar-refractivity contribution < 1.29 is 18.3 Å². The van der Waals surface area contributed by atoms with Gasteiger partial charge < -0.3 is 5.11 Å². The molecule has 4 nitrogen and oxygen atoms in total. The minimum absolute atomic E-state index is 0.0420. The maximum atomic E-state index is 12.0. The van der Waals surface area contributed by atoms with Gasteiger partial charge in [0, 0.05) is 0 Å². The second-order valence-corrected chi connectivity index (χ2v) is 7.19. The minimum atomic E-state index is -3.50. The van der Waals surface area contributed by atoms with Gasteiger partial charge in [-0.05, 0) is 30.2 Å². The Hall–Kier alpha value is -0.780. The van der Waals surface area contributed by atoms with E-state index < -0.39 is 26.6 Å². The number of hydrogen-bond acceptors (Lipinski definition) is 3. The smallest absolute Gasteiger partial charge is 0.335 e. The average Bonchev–Trinajstić information content (AvgIpc) is 2.24. The topological polar surface area (TPSA) is 71.4 Å². The Morgan fingerprint density at radius 3 is 2.56 bits per heavy atom. The summed E-state index contributed by atoms with van der Waals surface area (Å²) in [5, 5.41) is 7.56. The van der Waals surface area contributed by atoms with Crippen molar-refractivity contribution in [2.45, 2.75) is 22.6 Å². The van der Waals surface area contributed by atoms with Crippen molar-refractivity contribution in [3.63, 3.8) is 0 Å². The fraction of sp³-hybridized carbons (Fsp3) is 0.364. The van der Waals surface area contributed by atoms with Crippen LogP contribution in [-0.4, -0.2) is 30.6 Å². The maximum Gasteiger partial charge on any atom is 0.335 e. The van der Waals surface area contributed by atoms with Crippen LogP contribution < -0.4 is 0 Å². The van der Waals surface area contributed by atoms with Gasteiger partial charge in [-0.25, -0.2) is 13.2 Å². The summed E-state index contributed by atoms with van der Waals surface area (Å²) < 4.78 is 23.9. The molecule has 0 fully saturated rings. The number of benzene rings is 1. The lowest BCUT2D eigenvalue weighted by Gasteiger charge is -2.27. The van der Waals surface area contributed by atoms with Gasteiger partial charge in [0.05, 0.1) is 27.0 Å². The molecule has 2 atom stereocenters. The molecule has 1 N–H and O–H groups in total. The standard InChI is InChI=1S/C11H10Cl2O4S/c1-5-6(11(14)15)2-3-8-9(5)10(13)7(12)4-18(8,16)17/h2-3,7,10H,4H2,1H3,(H,14,15). The molecule has 0 aliphatic carbocycles. The summed E-state index contributed by atoms with van der Waals surface area (Å²) in [5.41, 5.74) is 0.706. The van der Waals surface area contributed by atoms with Gasteiger partial charge in [-0.1, -0.05) is 0 Å². The van der Waals surface area contributed by atoms with Gasteiger partial charge in [-0.15, -0.1) is 23.2 Å². The molecule has 7 heteroatoms. The fourth-order valence-corrected chi connectivity index (χ4v) is 4.96. The lowest BCUT2D eigenvalue weighted by atomic mass is 9.98. The molecule has 1 aliphatic heterocycles. The second-order valence-electron chi connectivity index (χ2n) is 4.15. The van der Waals surface area contributed by atoms with Gasteiger partial charge in [-0.3, -0.25) is 0 Å². The molecule has 1 aromatic carbocycles. The molecule has 1 heterocycles. The Kier molecular flexibility index (Phi) is 3.34. The number of carbonyl (C=O) groups is 1. The summed E-state index contributed by atoms with van der Waals surface area (Å²) in [6.45, 7) is 1.54. The number of fused-ring (bicyclic) bond motifs is 1. The van der Waals surface area contributed by atoms with Crippen molar-refractivity contribution in [3.8, 4) is 0 Å². The zero-order valence-corrected chi connectivity index (χ0v) is 11.7. The number of sulfone groups is 1. The molecular weight excluding hydrogens is 299 g/mol. The number of rotatable bonds is 1. The van der Waals surface area contributed by atoms with Gasteiger partial charge in [0.15, 0.2) is 9.84 Å². The Balaban J connectivity index is 2.79. The van der Waals surface area contributed by atoms with E-state index in [9.17, 15) is 13.2 Å². The molecule has 98 valence electrons. The van der Waals surface area contributed by atoms with E-state index in [1.165, 1.54) is 12.1 Å². The molecule has 0 aromatic heterocycles. The molecule has 0 saturated heterocycles. The van der Waals surface area contributed by atoms with E-state index in [4.69, 9.17) is 28.3 Å². The number of carboxylic acids is 1. The van der Waals surface area contributed by atoms with Crippen LogP contribution in [0.1, 0.15) is 26.9 Å². The number of halogens is 2. The summed E-state index contributed by atoms with van der Waals surface area (Å²) in [7, 11) is -3.50. The maximum absolute atomic E-state index is 12.0. The predicted octanol–water partition coefficient (Wildman–Crippen LogP) is 2.37. The van der Waals surface area contributed by atoms with Crippen molar-refractivity contribution in [3.05, 3.63) is 28.8 Å². The molecule has 0 saturated carbocycles. The monoisotopic (exact) mass is 308 g/mol. The molecule has 18 heavy (non-hydrogen) atoms. The molecule has 1 aromatic rings. The van der Waals surface area contributed by atoms with Crippen LogP contribution >= 0.6 is 23.2 Å². The molecule has 0 radical (unpaired) electrons. The highest BCUT2D eigenvalue weighted by molar-refractivity contribution is 7.91. The van der Waals surface area contributed by atoms with E-state index in [1.807, 2.05) is 0 Å². The van der Waals surface area contributed by atoms with E-state index in [0.29, 0.717) is 11.1 Å². The van der Waals surface area contributed by atoms with E-state index in [-0.39, 0.29) is 16.2 Å². The first-order chi connectivity index (χ1) is 8.25. The number of hydrogen-bond donors (Lipinski definition) is 1. The Bertz CT molecular complexity index is 624. The third kappa shape index (κ3) is 2.00. The molecule has 0 spiro atoms. The molecule has 2 rings (SSSR count). The highest BCUT2D eigenvalue weighted by atomic mass is 35.5. The van der Waals surface area contributed by atoms with Crippen molar-refractivity contribution in [1.82, 2.24) is 0 Å². The predicted molar refractivity (Wildman–Crippen MR) is 68.4 cm³/mol. The van der Waals surface area contributed by atoms with Gasteiger partial charge in [0.25, 0.3) is 0 Å². The van der Waals surface area contributed by atoms with Crippen molar-refractivity contribution in [1.29, 1.82) is 0 Å². The lowest BCUT2D eigenvalue weighted by molar-refractivity contribution is 0.0696. The highest BCUT2D eigenvalue weighted by Crippen LogP contribution is 2.41. The third-order valence-electron chi connectivity index (χ3n) is 3.01. The highest BCUT2D eigenvalue weighted by Gasteiger charge is 2.38. The average molecular weight is 309 g/mol. The van der Waals surface area contributed by atoms with Crippen LogP contribution in [0.2, 0.25) is 0 Å². The Labute approximate surface area is 114 Å². The summed E-state index contributed by atoms with van der Waals surface area (Å²) in [5.74, 6) is -1.35. The van der Waals surface area contributed by atoms with E-state index in [2.05, 4.69) is 0 Å². The van der Waals surface area contributed by atoms with E-state index >= 15 is 0 Å². The van der Waals surface area contributed by atoms with Crippen LogP contribution in [0.4, 0.5) is 0 Å². The van der Waals surface area contributed by atoms with E-state index in [1.54, 1.807) is 6.92 Å². The summed E-state index contributed by atoms with van der Waals surface area (Å²) in [6.07, 6.45) is 0. The summed E-state index contributed by atoms with van der Waals surface area (Å²) in [4.78, 5) is 11.1. The zero-order valence-electron chi connectivity index (χ0n) is 9.35. The fourth-order valence-electron chi connectivity index (χ4n) is 2.11. The number of aromatic carboxylic acids is 1. The largest absolute Gasteiger partial charge is 0.478 e. The molecule has 2 unspecified atom stereocenters. The van der Waals surface area contributed by atoms with Gasteiger partial charge in [0.2, 0.25) is 0 Å². The van der Waals surface area contributed by atoms with Crippen LogP contribution in [0.15, 0.2) is 17.0 Å². The van der Waals surface area contributed by atoms with Crippen LogP contribution in [-0.2, 0) is 9.84 Å². The van der Waals surface area contributed by atoms with Crippen LogP contribution in [0.3, 0.4) is 0 Å². The lowest BCUT2D eigenvalue weighted by Crippen LogP contribution is -2.29. The van der Waals surface area contributed by atoms with Gasteiger partial charge in [-0.2, -0.15) is 0 Å². The first-order valence-corrected chi connectivity index (χ1v) is 7.66. The van der Waals surface area contributed by atoms with Gasteiger partial charge in [0.1, 0.15) is 0 Å². The molecule has 1 aliphatic rings. The number of alkyl halides is 2. The minimum Gasteiger partial charge on any atom is -0.478 e. The first kappa shape index (κ1) is 13.6. The zero-order chi connectivity index (χ0) is 13.7. The Morgan fingerprint density at radius 1 is 1.39 bits per heavy atom. The Morgan fingerprint density at radius 2 is 2.00 bits per heavy atom. The molecular formula is C11H10Cl2O4S. The van der Waals surface area contributed by atoms with Crippen LogP contribution in [0.5, 0.6) is 0 Å². The van der Waals surface area contributed by atoms with Crippen molar-refractivity contribution in [2.24, 2.45) is 0 Å². The van der Waals surface area contributed by atoms with Crippen LogP contribution in [0, 0.1) is 6.92 Å². The second kappa shape index (κ2) is 4.40. The molecule has 0 amide bonds. The third-order valence-corrected chi connectivity index (χ3v) is 6.08. The van der Waals surface area contributed by atoms with E-state index in [0.717, 1.165) is 0 Å². The quantitative estimate of drug-likeness (QED) is 0.808. The normalized spacial score (nSPS) is 25.5. The van der Waals surface area contributed by atoms with Crippen LogP contribution in [0.25, 0.3) is 0 Å². The first-order valence-electron chi connectivity index (χ1n) is 5.13. The van der Waals surface area contributed by atoms with Crippen molar-refractivity contribution >= 4 is 39.0 Å². The SMILES string of the molecule is Cc1c(C(=O)O)ccc2c1C(Cl)C(Cl)CS2(=O)=O. The number of carboxylic acid groups (broad SMARTS) is 1. The summed E-state index contributed by atoms with van der Waals surface area (Å²) in [6, 6.07) is 2.57. The van der Waals surface area contributed by atoms with Crippen molar-refractivity contribution in [2.75, 3.05) is 5.75 Å². The summed E-state index contributed by atoms with van der Waals surface area (Å²) >= 11 is 12.0. The molecule has 0 bridgehead atoms.